The molecule has 0 aromatic heterocycles. The lowest BCUT2D eigenvalue weighted by molar-refractivity contribution is -0.121. The van der Waals surface area contributed by atoms with Crippen LogP contribution in [0.5, 0.6) is 0 Å². The molecule has 4 N–H and O–H groups in total. The lowest BCUT2D eigenvalue weighted by Gasteiger charge is -2.15. The highest BCUT2D eigenvalue weighted by molar-refractivity contribution is 5.96. The number of amides is 3. The van der Waals surface area contributed by atoms with E-state index in [1.807, 2.05) is 6.92 Å². The molecule has 0 aliphatic carbocycles. The normalized spacial score (nSPS) is 14.0. The van der Waals surface area contributed by atoms with Crippen molar-refractivity contribution < 1.29 is 14.7 Å². The second-order valence-corrected chi connectivity index (χ2v) is 3.64. The first-order valence-corrected chi connectivity index (χ1v) is 5.45. The van der Waals surface area contributed by atoms with Gasteiger partial charge in [-0.05, 0) is 13.3 Å². The molecule has 0 rings (SSSR count). The molecular formula is C10H21N3O3. The van der Waals surface area contributed by atoms with Crippen LogP contribution in [-0.4, -0.2) is 42.8 Å². The third kappa shape index (κ3) is 6.36. The van der Waals surface area contributed by atoms with E-state index in [4.69, 9.17) is 0 Å². The highest BCUT2D eigenvalue weighted by atomic mass is 16.3. The van der Waals surface area contributed by atoms with Gasteiger partial charge in [-0.2, -0.15) is 0 Å². The fourth-order valence-electron chi connectivity index (χ4n) is 1.12. The molecule has 94 valence electrons. The van der Waals surface area contributed by atoms with Crippen molar-refractivity contribution >= 4 is 11.9 Å². The number of hydrogen-bond donors (Lipinski definition) is 4. The maximum atomic E-state index is 11.4. The van der Waals surface area contributed by atoms with Crippen LogP contribution in [0.1, 0.15) is 26.7 Å². The number of rotatable bonds is 6. The molecule has 6 nitrogen and oxygen atoms in total. The molecule has 6 heteroatoms. The van der Waals surface area contributed by atoms with Crippen molar-refractivity contribution in [1.29, 1.82) is 0 Å². The smallest absolute Gasteiger partial charge is 0.321 e. The number of aliphatic hydroxyl groups excluding tert-OH is 1. The fraction of sp³-hybridized carbons (Fsp3) is 0.800. The van der Waals surface area contributed by atoms with Crippen molar-refractivity contribution in [3.05, 3.63) is 0 Å². The Labute approximate surface area is 95.8 Å². The van der Waals surface area contributed by atoms with Gasteiger partial charge < -0.3 is 15.7 Å². The van der Waals surface area contributed by atoms with E-state index in [0.717, 1.165) is 6.42 Å². The molecule has 0 saturated heterocycles. The zero-order chi connectivity index (χ0) is 12.6. The molecule has 0 spiro atoms. The van der Waals surface area contributed by atoms with Crippen molar-refractivity contribution in [3.8, 4) is 0 Å². The van der Waals surface area contributed by atoms with Crippen LogP contribution in [0.15, 0.2) is 0 Å². The Balaban J connectivity index is 3.83. The summed E-state index contributed by atoms with van der Waals surface area (Å²) in [7, 11) is 1.44. The maximum Gasteiger partial charge on any atom is 0.321 e. The van der Waals surface area contributed by atoms with E-state index in [9.17, 15) is 14.7 Å². The Bertz CT molecular complexity index is 233. The van der Waals surface area contributed by atoms with E-state index in [1.165, 1.54) is 7.05 Å². The average molecular weight is 231 g/mol. The van der Waals surface area contributed by atoms with Crippen molar-refractivity contribution in [2.75, 3.05) is 13.6 Å². The van der Waals surface area contributed by atoms with Crippen LogP contribution in [0.25, 0.3) is 0 Å². The van der Waals surface area contributed by atoms with Gasteiger partial charge in [0.2, 0.25) is 5.91 Å². The van der Waals surface area contributed by atoms with Crippen molar-refractivity contribution in [3.63, 3.8) is 0 Å². The Morgan fingerprint density at radius 1 is 1.38 bits per heavy atom. The van der Waals surface area contributed by atoms with E-state index >= 15 is 0 Å². The highest BCUT2D eigenvalue weighted by Crippen LogP contribution is 1.94. The fourth-order valence-corrected chi connectivity index (χ4v) is 1.12. The molecule has 0 radical (unpaired) electrons. The van der Waals surface area contributed by atoms with Gasteiger partial charge in [-0.3, -0.25) is 10.1 Å². The lowest BCUT2D eigenvalue weighted by Crippen LogP contribution is -2.48. The summed E-state index contributed by atoms with van der Waals surface area (Å²) in [6, 6.07) is -1.04. The summed E-state index contributed by atoms with van der Waals surface area (Å²) < 4.78 is 0. The highest BCUT2D eigenvalue weighted by Gasteiger charge is 2.15. The van der Waals surface area contributed by atoms with Crippen LogP contribution < -0.4 is 16.0 Å². The van der Waals surface area contributed by atoms with Crippen LogP contribution in [0.4, 0.5) is 4.79 Å². The van der Waals surface area contributed by atoms with Crippen molar-refractivity contribution in [2.45, 2.75) is 38.8 Å². The SMILES string of the molecule is CCCC(O)CNC(C)C(=O)NC(=O)NC. The summed E-state index contributed by atoms with van der Waals surface area (Å²) in [6.45, 7) is 3.96. The monoisotopic (exact) mass is 231 g/mol. The molecular weight excluding hydrogens is 210 g/mol. The van der Waals surface area contributed by atoms with Crippen molar-refractivity contribution in [2.24, 2.45) is 0 Å². The molecule has 0 bridgehead atoms. The molecule has 0 aliphatic rings. The predicted molar refractivity (Wildman–Crippen MR) is 61.0 cm³/mol. The van der Waals surface area contributed by atoms with Gasteiger partial charge in [0.1, 0.15) is 0 Å². The van der Waals surface area contributed by atoms with E-state index < -0.39 is 24.1 Å². The van der Waals surface area contributed by atoms with Gasteiger partial charge >= 0.3 is 6.03 Å². The summed E-state index contributed by atoms with van der Waals surface area (Å²) in [5.74, 6) is -0.414. The molecule has 2 atom stereocenters. The van der Waals surface area contributed by atoms with Gasteiger partial charge in [-0.1, -0.05) is 13.3 Å². The minimum Gasteiger partial charge on any atom is -0.392 e. The van der Waals surface area contributed by atoms with E-state index in [-0.39, 0.29) is 0 Å². The largest absolute Gasteiger partial charge is 0.392 e. The van der Waals surface area contributed by atoms with Gasteiger partial charge in [-0.15, -0.1) is 0 Å². The summed E-state index contributed by atoms with van der Waals surface area (Å²) in [5.41, 5.74) is 0. The zero-order valence-corrected chi connectivity index (χ0v) is 10.0. The minimum atomic E-state index is -0.534. The number of aliphatic hydroxyl groups is 1. The standard InChI is InChI=1S/C10H21N3O3/c1-4-5-8(14)6-12-7(2)9(15)13-10(16)11-3/h7-8,12,14H,4-6H2,1-3H3,(H2,11,13,15,16). The van der Waals surface area contributed by atoms with Gasteiger partial charge in [0.15, 0.2) is 0 Å². The number of imide groups is 1. The van der Waals surface area contributed by atoms with Gasteiger partial charge in [0, 0.05) is 13.6 Å². The maximum absolute atomic E-state index is 11.4. The average Bonchev–Trinajstić information content (AvgIpc) is 2.25. The van der Waals surface area contributed by atoms with Gasteiger partial charge in [0.25, 0.3) is 0 Å². The van der Waals surface area contributed by atoms with E-state index in [0.29, 0.717) is 13.0 Å². The van der Waals surface area contributed by atoms with Crippen LogP contribution >= 0.6 is 0 Å². The first-order chi connectivity index (χ1) is 7.51. The molecule has 16 heavy (non-hydrogen) atoms. The number of carbonyl (C=O) groups excluding carboxylic acids is 2. The van der Waals surface area contributed by atoms with Crippen LogP contribution in [-0.2, 0) is 4.79 Å². The summed E-state index contributed by atoms with van der Waals surface area (Å²) in [4.78, 5) is 22.2. The predicted octanol–water partition coefficient (Wildman–Crippen LogP) is -0.419. The summed E-state index contributed by atoms with van der Waals surface area (Å²) >= 11 is 0. The molecule has 0 heterocycles. The third-order valence-corrected chi connectivity index (χ3v) is 2.14. The van der Waals surface area contributed by atoms with Gasteiger partial charge in [0.05, 0.1) is 12.1 Å². The molecule has 3 amide bonds. The van der Waals surface area contributed by atoms with Crippen LogP contribution in [0.3, 0.4) is 0 Å². The third-order valence-electron chi connectivity index (χ3n) is 2.14. The quantitative estimate of drug-likeness (QED) is 0.500. The molecule has 0 saturated carbocycles. The number of urea groups is 1. The van der Waals surface area contributed by atoms with Crippen molar-refractivity contribution in [1.82, 2.24) is 16.0 Å². The van der Waals surface area contributed by atoms with E-state index in [2.05, 4.69) is 16.0 Å². The minimum absolute atomic E-state index is 0.343. The molecule has 0 aromatic carbocycles. The summed E-state index contributed by atoms with van der Waals surface area (Å²) in [5, 5.41) is 16.7. The first-order valence-electron chi connectivity index (χ1n) is 5.45. The zero-order valence-electron chi connectivity index (χ0n) is 10.0. The van der Waals surface area contributed by atoms with Crippen LogP contribution in [0, 0.1) is 0 Å². The Morgan fingerprint density at radius 2 is 2.00 bits per heavy atom. The molecule has 2 unspecified atom stereocenters. The number of hydrogen-bond acceptors (Lipinski definition) is 4. The lowest BCUT2D eigenvalue weighted by atomic mass is 10.2. The first kappa shape index (κ1) is 14.9. The van der Waals surface area contributed by atoms with Crippen LogP contribution in [0.2, 0.25) is 0 Å². The molecule has 0 aliphatic heterocycles. The number of carbonyl (C=O) groups is 2. The Hall–Kier alpha value is -1.14. The van der Waals surface area contributed by atoms with Gasteiger partial charge in [-0.25, -0.2) is 4.79 Å². The molecule has 0 fully saturated rings. The molecule has 0 aromatic rings. The second kappa shape index (κ2) is 8.06. The number of nitrogens with one attached hydrogen (secondary N) is 3. The summed E-state index contributed by atoms with van der Waals surface area (Å²) in [6.07, 6.45) is 1.12. The Morgan fingerprint density at radius 3 is 2.50 bits per heavy atom. The second-order valence-electron chi connectivity index (χ2n) is 3.64. The Kier molecular flexibility index (Phi) is 7.49. The topological polar surface area (TPSA) is 90.5 Å². The van der Waals surface area contributed by atoms with E-state index in [1.54, 1.807) is 6.92 Å².